The SMILES string of the molecule is CN1CCC(N(CCO)C(=O)c2ccc(Br)o2)CC1. The molecule has 5 nitrogen and oxygen atoms in total. The molecule has 6 heteroatoms. The molecule has 1 N–H and O–H groups in total. The molecular formula is C13H19BrN2O3. The summed E-state index contributed by atoms with van der Waals surface area (Å²) >= 11 is 3.20. The van der Waals surface area contributed by atoms with Crippen molar-refractivity contribution in [2.24, 2.45) is 0 Å². The molecular weight excluding hydrogens is 312 g/mol. The number of halogens is 1. The molecule has 0 spiro atoms. The summed E-state index contributed by atoms with van der Waals surface area (Å²) in [7, 11) is 2.08. The molecule has 0 bridgehead atoms. The summed E-state index contributed by atoms with van der Waals surface area (Å²) in [6, 6.07) is 3.55. The Labute approximate surface area is 121 Å². The fourth-order valence-corrected chi connectivity index (χ4v) is 2.74. The zero-order valence-electron chi connectivity index (χ0n) is 11.0. The van der Waals surface area contributed by atoms with Crippen LogP contribution in [0.3, 0.4) is 0 Å². The van der Waals surface area contributed by atoms with E-state index in [2.05, 4.69) is 27.9 Å². The van der Waals surface area contributed by atoms with Gasteiger partial charge in [0, 0.05) is 12.6 Å². The largest absolute Gasteiger partial charge is 0.444 e. The average molecular weight is 331 g/mol. The predicted molar refractivity (Wildman–Crippen MR) is 75.0 cm³/mol. The number of hydrogen-bond donors (Lipinski definition) is 1. The van der Waals surface area contributed by atoms with Crippen molar-refractivity contribution in [2.45, 2.75) is 18.9 Å². The molecule has 0 unspecified atom stereocenters. The van der Waals surface area contributed by atoms with E-state index in [0.29, 0.717) is 17.0 Å². The third-order valence-corrected chi connectivity index (χ3v) is 3.94. The minimum atomic E-state index is -0.144. The second kappa shape index (κ2) is 6.54. The zero-order valence-corrected chi connectivity index (χ0v) is 12.6. The fraction of sp³-hybridized carbons (Fsp3) is 0.615. The highest BCUT2D eigenvalue weighted by atomic mass is 79.9. The summed E-state index contributed by atoms with van der Waals surface area (Å²) in [4.78, 5) is 16.4. The van der Waals surface area contributed by atoms with Crippen LogP contribution in [0, 0.1) is 0 Å². The number of hydrogen-bond acceptors (Lipinski definition) is 4. The van der Waals surface area contributed by atoms with Gasteiger partial charge in [-0.25, -0.2) is 0 Å². The number of nitrogens with zero attached hydrogens (tertiary/aromatic N) is 2. The maximum absolute atomic E-state index is 12.4. The maximum atomic E-state index is 12.4. The minimum Gasteiger partial charge on any atom is -0.444 e. The molecule has 1 aromatic heterocycles. The number of aliphatic hydroxyl groups is 1. The number of amides is 1. The van der Waals surface area contributed by atoms with Crippen LogP contribution in [0.1, 0.15) is 23.4 Å². The number of piperidine rings is 1. The molecule has 0 saturated carbocycles. The maximum Gasteiger partial charge on any atom is 0.289 e. The van der Waals surface area contributed by atoms with Crippen LogP contribution in [-0.2, 0) is 0 Å². The molecule has 106 valence electrons. The molecule has 1 fully saturated rings. The van der Waals surface area contributed by atoms with Crippen molar-refractivity contribution in [3.63, 3.8) is 0 Å². The molecule has 2 heterocycles. The van der Waals surface area contributed by atoms with Crippen LogP contribution >= 0.6 is 15.9 Å². The van der Waals surface area contributed by atoms with Gasteiger partial charge < -0.3 is 19.3 Å². The highest BCUT2D eigenvalue weighted by molar-refractivity contribution is 9.10. The normalized spacial score (nSPS) is 17.6. The molecule has 1 saturated heterocycles. The van der Waals surface area contributed by atoms with Crippen molar-refractivity contribution in [1.82, 2.24) is 9.80 Å². The van der Waals surface area contributed by atoms with E-state index in [9.17, 15) is 9.90 Å². The second-order valence-corrected chi connectivity index (χ2v) is 5.64. The van der Waals surface area contributed by atoms with Gasteiger partial charge in [-0.15, -0.1) is 0 Å². The Bertz CT molecular complexity index is 427. The first-order valence-corrected chi connectivity index (χ1v) is 7.27. The van der Waals surface area contributed by atoms with Crippen molar-refractivity contribution in [2.75, 3.05) is 33.3 Å². The number of rotatable bonds is 4. The number of furan rings is 1. The van der Waals surface area contributed by atoms with Crippen molar-refractivity contribution in [1.29, 1.82) is 0 Å². The molecule has 0 aromatic carbocycles. The third-order valence-electron chi connectivity index (χ3n) is 3.51. The van der Waals surface area contributed by atoms with Crippen molar-refractivity contribution >= 4 is 21.8 Å². The summed E-state index contributed by atoms with van der Waals surface area (Å²) in [5.41, 5.74) is 0. The first-order valence-electron chi connectivity index (χ1n) is 6.47. The standard InChI is InChI=1S/C13H19BrN2O3/c1-15-6-4-10(5-7-15)16(8-9-17)13(18)11-2-3-12(14)19-11/h2-3,10,17H,4-9H2,1H3. The second-order valence-electron chi connectivity index (χ2n) is 4.86. The van der Waals surface area contributed by atoms with E-state index in [-0.39, 0.29) is 18.6 Å². The summed E-state index contributed by atoms with van der Waals surface area (Å²) in [5.74, 6) is 0.175. The Morgan fingerprint density at radius 3 is 2.74 bits per heavy atom. The Kier molecular flexibility index (Phi) is 5.01. The van der Waals surface area contributed by atoms with E-state index in [1.54, 1.807) is 17.0 Å². The van der Waals surface area contributed by atoms with Gasteiger partial charge in [-0.2, -0.15) is 0 Å². The van der Waals surface area contributed by atoms with Crippen LogP contribution in [0.4, 0.5) is 0 Å². The molecule has 1 aliphatic heterocycles. The van der Waals surface area contributed by atoms with E-state index in [4.69, 9.17) is 4.42 Å². The first-order chi connectivity index (χ1) is 9.11. The van der Waals surface area contributed by atoms with Crippen LogP contribution in [0.2, 0.25) is 0 Å². The van der Waals surface area contributed by atoms with Crippen LogP contribution in [-0.4, -0.2) is 60.1 Å². The van der Waals surface area contributed by atoms with Crippen LogP contribution in [0.25, 0.3) is 0 Å². The molecule has 1 aliphatic rings. The monoisotopic (exact) mass is 330 g/mol. The number of carbonyl (C=O) groups is 1. The zero-order chi connectivity index (χ0) is 13.8. The van der Waals surface area contributed by atoms with Crippen LogP contribution < -0.4 is 0 Å². The summed E-state index contributed by atoms with van der Waals surface area (Å²) in [6.07, 6.45) is 1.87. The first kappa shape index (κ1) is 14.6. The van der Waals surface area contributed by atoms with Crippen molar-refractivity contribution in [3.8, 4) is 0 Å². The summed E-state index contributed by atoms with van der Waals surface area (Å²) in [6.45, 7) is 2.27. The van der Waals surface area contributed by atoms with Gasteiger partial charge in [-0.05, 0) is 61.0 Å². The molecule has 0 aliphatic carbocycles. The smallest absolute Gasteiger partial charge is 0.289 e. The van der Waals surface area contributed by atoms with Gasteiger partial charge in [0.2, 0.25) is 0 Å². The van der Waals surface area contributed by atoms with E-state index in [0.717, 1.165) is 25.9 Å². The minimum absolute atomic E-state index is 0.0278. The number of likely N-dealkylation sites (tertiary alicyclic amines) is 1. The molecule has 2 rings (SSSR count). The molecule has 0 atom stereocenters. The Morgan fingerprint density at radius 2 is 2.21 bits per heavy atom. The lowest BCUT2D eigenvalue weighted by Gasteiger charge is -2.36. The topological polar surface area (TPSA) is 56.9 Å². The molecule has 1 aromatic rings. The van der Waals surface area contributed by atoms with E-state index < -0.39 is 0 Å². The lowest BCUT2D eigenvalue weighted by molar-refractivity contribution is 0.0508. The Morgan fingerprint density at radius 1 is 1.53 bits per heavy atom. The van der Waals surface area contributed by atoms with Gasteiger partial charge in [0.25, 0.3) is 5.91 Å². The fourth-order valence-electron chi connectivity index (χ4n) is 2.44. The van der Waals surface area contributed by atoms with Gasteiger partial charge >= 0.3 is 0 Å². The number of aliphatic hydroxyl groups excluding tert-OH is 1. The van der Waals surface area contributed by atoms with Crippen molar-refractivity contribution < 1.29 is 14.3 Å². The predicted octanol–water partition coefficient (Wildman–Crippen LogP) is 1.57. The van der Waals surface area contributed by atoms with Gasteiger partial charge in [0.15, 0.2) is 10.4 Å². The van der Waals surface area contributed by atoms with Gasteiger partial charge in [-0.3, -0.25) is 4.79 Å². The molecule has 0 radical (unpaired) electrons. The Hall–Kier alpha value is -0.850. The number of carbonyl (C=O) groups excluding carboxylic acids is 1. The lowest BCUT2D eigenvalue weighted by atomic mass is 10.0. The quantitative estimate of drug-likeness (QED) is 0.910. The molecule has 1 amide bonds. The van der Waals surface area contributed by atoms with Gasteiger partial charge in [-0.1, -0.05) is 0 Å². The lowest BCUT2D eigenvalue weighted by Crippen LogP contribution is -2.47. The van der Waals surface area contributed by atoms with Crippen LogP contribution in [0.5, 0.6) is 0 Å². The van der Waals surface area contributed by atoms with E-state index >= 15 is 0 Å². The van der Waals surface area contributed by atoms with E-state index in [1.807, 2.05) is 0 Å². The third kappa shape index (κ3) is 3.58. The molecule has 19 heavy (non-hydrogen) atoms. The summed E-state index contributed by atoms with van der Waals surface area (Å²) in [5, 5.41) is 9.18. The van der Waals surface area contributed by atoms with Crippen molar-refractivity contribution in [3.05, 3.63) is 22.6 Å². The van der Waals surface area contributed by atoms with Gasteiger partial charge in [0.05, 0.1) is 6.61 Å². The van der Waals surface area contributed by atoms with Crippen LogP contribution in [0.15, 0.2) is 21.2 Å². The Balaban J connectivity index is 2.08. The highest BCUT2D eigenvalue weighted by Crippen LogP contribution is 2.20. The summed E-state index contributed by atoms with van der Waals surface area (Å²) < 4.78 is 5.86. The van der Waals surface area contributed by atoms with Gasteiger partial charge in [0.1, 0.15) is 0 Å². The average Bonchev–Trinajstić information content (AvgIpc) is 2.83. The van der Waals surface area contributed by atoms with E-state index in [1.165, 1.54) is 0 Å². The highest BCUT2D eigenvalue weighted by Gasteiger charge is 2.28.